The molecule has 0 radical (unpaired) electrons. The molecule has 0 aromatic heterocycles. The zero-order chi connectivity index (χ0) is 30.6. The standard InChI is InChI=1S/C31H40ClN3O7/c1-5-8-13-24(37)33-17-19(4)41-30(40)25-23-14-15-31(42-23)26(25)28(38)35(20(7-3)18-36)27(31)29(39)34(16-6-2)22-12-10-9-11-21(22)32/h5-6,9-12,19-20,23,25-27,36H,1-2,7-8,13-18H2,3-4H3,(H,33,37)/t19-,20+,23+,25-,26-,27+,31-/m1/s1. The van der Waals surface area contributed by atoms with Gasteiger partial charge in [-0.25, -0.2) is 0 Å². The Labute approximate surface area is 251 Å². The number of esters is 1. The van der Waals surface area contributed by atoms with Gasteiger partial charge in [0.2, 0.25) is 11.8 Å². The predicted molar refractivity (Wildman–Crippen MR) is 158 cm³/mol. The number of hydrogen-bond donors (Lipinski definition) is 2. The molecule has 228 valence electrons. The Bertz CT molecular complexity index is 1220. The van der Waals surface area contributed by atoms with E-state index in [-0.39, 0.29) is 32.0 Å². The van der Waals surface area contributed by atoms with Crippen LogP contribution in [0.4, 0.5) is 5.69 Å². The lowest BCUT2D eigenvalue weighted by Gasteiger charge is -2.39. The summed E-state index contributed by atoms with van der Waals surface area (Å²) in [6.45, 7) is 10.8. The summed E-state index contributed by atoms with van der Waals surface area (Å²) in [7, 11) is 0. The van der Waals surface area contributed by atoms with Gasteiger partial charge in [-0.05, 0) is 44.7 Å². The number of rotatable bonds is 14. The maximum atomic E-state index is 14.5. The average Bonchev–Trinajstić information content (AvgIpc) is 3.62. The van der Waals surface area contributed by atoms with Crippen LogP contribution in [0.5, 0.6) is 0 Å². The Morgan fingerprint density at radius 3 is 2.69 bits per heavy atom. The molecule has 0 aliphatic carbocycles. The molecule has 3 aliphatic heterocycles. The molecule has 11 heteroatoms. The van der Waals surface area contributed by atoms with E-state index >= 15 is 0 Å². The van der Waals surface area contributed by atoms with Gasteiger partial charge >= 0.3 is 5.97 Å². The Kier molecular flexibility index (Phi) is 10.1. The van der Waals surface area contributed by atoms with E-state index in [0.29, 0.717) is 36.4 Å². The van der Waals surface area contributed by atoms with Crippen molar-refractivity contribution in [1.82, 2.24) is 10.2 Å². The van der Waals surface area contributed by atoms with Crippen LogP contribution in [-0.2, 0) is 28.7 Å². The highest BCUT2D eigenvalue weighted by molar-refractivity contribution is 6.34. The third kappa shape index (κ3) is 5.72. The van der Waals surface area contributed by atoms with Crippen LogP contribution in [0, 0.1) is 11.8 Å². The minimum Gasteiger partial charge on any atom is -0.460 e. The number of halogens is 1. The van der Waals surface area contributed by atoms with Crippen LogP contribution < -0.4 is 10.2 Å². The summed E-state index contributed by atoms with van der Waals surface area (Å²) in [5.41, 5.74) is -0.811. The van der Waals surface area contributed by atoms with E-state index in [1.165, 1.54) is 9.80 Å². The van der Waals surface area contributed by atoms with Gasteiger partial charge in [-0.1, -0.05) is 42.8 Å². The predicted octanol–water partition coefficient (Wildman–Crippen LogP) is 3.02. The molecule has 1 spiro atoms. The molecular formula is C31H40ClN3O7. The summed E-state index contributed by atoms with van der Waals surface area (Å²) < 4.78 is 12.2. The van der Waals surface area contributed by atoms with Crippen LogP contribution in [-0.4, -0.2) is 83.3 Å². The second-order valence-corrected chi connectivity index (χ2v) is 11.5. The van der Waals surface area contributed by atoms with Gasteiger partial charge in [-0.15, -0.1) is 13.2 Å². The summed E-state index contributed by atoms with van der Waals surface area (Å²) >= 11 is 6.49. The fraction of sp³-hybridized carbons (Fsp3) is 0.548. The van der Waals surface area contributed by atoms with Crippen LogP contribution in [0.3, 0.4) is 0 Å². The van der Waals surface area contributed by atoms with Crippen LogP contribution in [0.25, 0.3) is 0 Å². The van der Waals surface area contributed by atoms with Crippen molar-refractivity contribution in [2.24, 2.45) is 11.8 Å². The average molecular weight is 602 g/mol. The highest BCUT2D eigenvalue weighted by Crippen LogP contribution is 2.59. The number of aliphatic hydroxyl groups excluding tert-OH is 1. The smallest absolute Gasteiger partial charge is 0.312 e. The Balaban J connectivity index is 1.64. The summed E-state index contributed by atoms with van der Waals surface area (Å²) in [6, 6.07) is 5.16. The minimum absolute atomic E-state index is 0.119. The number of carbonyl (C=O) groups excluding carboxylic acids is 4. The number of ether oxygens (including phenoxy) is 2. The number of para-hydroxylation sites is 1. The molecule has 42 heavy (non-hydrogen) atoms. The van der Waals surface area contributed by atoms with Crippen LogP contribution in [0.2, 0.25) is 5.02 Å². The molecule has 0 saturated carbocycles. The SMILES string of the molecule is C=CCCC(=O)NC[C@@H](C)OC(=O)[C@@H]1[C@@H]2CC[C@]3(O2)[C@H](C(=O)N(CC=C)c2ccccc2Cl)N([C@@H](CC)CO)C(=O)[C@@H]13. The van der Waals surface area contributed by atoms with E-state index in [2.05, 4.69) is 18.5 Å². The first-order valence-corrected chi connectivity index (χ1v) is 14.9. The van der Waals surface area contributed by atoms with Gasteiger partial charge in [0.15, 0.2) is 0 Å². The monoisotopic (exact) mass is 601 g/mol. The molecule has 3 heterocycles. The number of aliphatic hydroxyl groups is 1. The second-order valence-electron chi connectivity index (χ2n) is 11.1. The van der Waals surface area contributed by atoms with Crippen molar-refractivity contribution in [3.8, 4) is 0 Å². The number of allylic oxidation sites excluding steroid dienone is 1. The first-order chi connectivity index (χ1) is 20.1. The normalized spacial score (nSPS) is 27.2. The van der Waals surface area contributed by atoms with Crippen molar-refractivity contribution in [2.75, 3.05) is 24.6 Å². The van der Waals surface area contributed by atoms with Crippen LogP contribution in [0.1, 0.15) is 46.0 Å². The number of fused-ring (bicyclic) bond motifs is 1. The molecule has 1 aromatic carbocycles. The van der Waals surface area contributed by atoms with Crippen molar-refractivity contribution in [2.45, 2.75) is 75.8 Å². The minimum atomic E-state index is -1.27. The van der Waals surface area contributed by atoms with Gasteiger partial charge in [0.25, 0.3) is 5.91 Å². The number of likely N-dealkylation sites (tertiary alicyclic amines) is 1. The van der Waals surface area contributed by atoms with E-state index in [4.69, 9.17) is 21.1 Å². The van der Waals surface area contributed by atoms with Crippen molar-refractivity contribution in [1.29, 1.82) is 0 Å². The summed E-state index contributed by atoms with van der Waals surface area (Å²) in [4.78, 5) is 57.1. The van der Waals surface area contributed by atoms with Gasteiger partial charge in [-0.3, -0.25) is 19.2 Å². The lowest BCUT2D eigenvalue weighted by atomic mass is 9.70. The lowest BCUT2D eigenvalue weighted by Crippen LogP contribution is -2.59. The lowest BCUT2D eigenvalue weighted by molar-refractivity contribution is -0.159. The molecule has 2 bridgehead atoms. The quantitative estimate of drug-likeness (QED) is 0.248. The van der Waals surface area contributed by atoms with Gasteiger partial charge < -0.3 is 29.7 Å². The van der Waals surface area contributed by atoms with Crippen LogP contribution in [0.15, 0.2) is 49.6 Å². The van der Waals surface area contributed by atoms with Crippen molar-refractivity contribution in [3.63, 3.8) is 0 Å². The maximum absolute atomic E-state index is 14.5. The highest BCUT2D eigenvalue weighted by atomic mass is 35.5. The van der Waals surface area contributed by atoms with Gasteiger partial charge in [0.05, 0.1) is 47.8 Å². The fourth-order valence-electron chi connectivity index (χ4n) is 6.60. The molecular weight excluding hydrogens is 562 g/mol. The van der Waals surface area contributed by atoms with Crippen molar-refractivity contribution in [3.05, 3.63) is 54.6 Å². The highest BCUT2D eigenvalue weighted by Gasteiger charge is 2.75. The first-order valence-electron chi connectivity index (χ1n) is 14.5. The van der Waals surface area contributed by atoms with Crippen LogP contribution >= 0.6 is 11.6 Å². The number of anilines is 1. The first kappa shape index (κ1) is 31.7. The maximum Gasteiger partial charge on any atom is 0.312 e. The Morgan fingerprint density at radius 2 is 2.05 bits per heavy atom. The zero-order valence-electron chi connectivity index (χ0n) is 24.2. The zero-order valence-corrected chi connectivity index (χ0v) is 24.9. The molecule has 3 fully saturated rings. The Morgan fingerprint density at radius 1 is 1.31 bits per heavy atom. The molecule has 1 aromatic rings. The number of carbonyl (C=O) groups is 4. The van der Waals surface area contributed by atoms with Gasteiger partial charge in [0.1, 0.15) is 17.7 Å². The third-order valence-corrected chi connectivity index (χ3v) is 8.84. The Hall–Kier alpha value is -3.21. The molecule has 4 rings (SSSR count). The number of nitrogens with one attached hydrogen (secondary N) is 1. The molecule has 3 amide bonds. The van der Waals surface area contributed by atoms with E-state index in [1.54, 1.807) is 43.3 Å². The molecule has 0 unspecified atom stereocenters. The van der Waals surface area contributed by atoms with E-state index < -0.39 is 59.5 Å². The topological polar surface area (TPSA) is 125 Å². The van der Waals surface area contributed by atoms with Crippen molar-refractivity contribution < 1.29 is 33.8 Å². The van der Waals surface area contributed by atoms with Crippen molar-refractivity contribution >= 4 is 41.0 Å². The number of amides is 3. The molecule has 7 atom stereocenters. The van der Waals surface area contributed by atoms with E-state index in [9.17, 15) is 24.3 Å². The van der Waals surface area contributed by atoms with Gasteiger partial charge in [0, 0.05) is 13.0 Å². The molecule has 3 saturated heterocycles. The number of benzene rings is 1. The number of hydrogen-bond acceptors (Lipinski definition) is 7. The summed E-state index contributed by atoms with van der Waals surface area (Å²) in [6.07, 6.45) is 4.07. The van der Waals surface area contributed by atoms with E-state index in [1.807, 2.05) is 6.92 Å². The van der Waals surface area contributed by atoms with Gasteiger partial charge in [-0.2, -0.15) is 0 Å². The molecule has 2 N–H and O–H groups in total. The second kappa shape index (κ2) is 13.4. The molecule has 3 aliphatic rings. The summed E-state index contributed by atoms with van der Waals surface area (Å²) in [5.74, 6) is -3.50. The number of nitrogens with zero attached hydrogens (tertiary/aromatic N) is 2. The molecule has 10 nitrogen and oxygen atoms in total. The fourth-order valence-corrected chi connectivity index (χ4v) is 6.84. The largest absolute Gasteiger partial charge is 0.460 e. The van der Waals surface area contributed by atoms with E-state index in [0.717, 1.165) is 0 Å². The third-order valence-electron chi connectivity index (χ3n) is 8.52. The summed E-state index contributed by atoms with van der Waals surface area (Å²) in [5, 5.41) is 13.4.